The molecule has 0 aliphatic heterocycles. The second kappa shape index (κ2) is 5.48. The lowest BCUT2D eigenvalue weighted by molar-refractivity contribution is 0.0940. The number of hydrogen-bond acceptors (Lipinski definition) is 4. The quantitative estimate of drug-likeness (QED) is 0.878. The van der Waals surface area contributed by atoms with E-state index < -0.39 is 0 Å². The summed E-state index contributed by atoms with van der Waals surface area (Å²) in [7, 11) is 0. The summed E-state index contributed by atoms with van der Waals surface area (Å²) < 4.78 is 0. The highest BCUT2D eigenvalue weighted by atomic mass is 16.1. The Morgan fingerprint density at radius 2 is 2.21 bits per heavy atom. The van der Waals surface area contributed by atoms with E-state index in [9.17, 15) is 4.79 Å². The summed E-state index contributed by atoms with van der Waals surface area (Å²) in [4.78, 5) is 20.2. The number of nitrogens with two attached hydrogens (primary N) is 1. The van der Waals surface area contributed by atoms with Gasteiger partial charge in [-0.25, -0.2) is 0 Å². The smallest absolute Gasteiger partial charge is 0.255 e. The molecule has 0 spiro atoms. The van der Waals surface area contributed by atoms with Crippen LogP contribution in [0.2, 0.25) is 0 Å². The number of aryl methyl sites for hydroxylation is 1. The minimum Gasteiger partial charge on any atom is -0.398 e. The second-order valence-corrected chi connectivity index (χ2v) is 4.39. The lowest BCUT2D eigenvalue weighted by atomic mass is 10.1. The van der Waals surface area contributed by atoms with Gasteiger partial charge in [-0.3, -0.25) is 14.8 Å². The van der Waals surface area contributed by atoms with Crippen LogP contribution < -0.4 is 11.1 Å². The molecule has 19 heavy (non-hydrogen) atoms. The van der Waals surface area contributed by atoms with Gasteiger partial charge < -0.3 is 11.1 Å². The number of nitrogens with zero attached hydrogens (tertiary/aromatic N) is 2. The first-order chi connectivity index (χ1) is 9.08. The van der Waals surface area contributed by atoms with Crippen molar-refractivity contribution in [3.63, 3.8) is 0 Å². The van der Waals surface area contributed by atoms with Gasteiger partial charge in [0, 0.05) is 30.0 Å². The molecule has 0 bridgehead atoms. The van der Waals surface area contributed by atoms with Crippen molar-refractivity contribution in [2.45, 2.75) is 19.9 Å². The molecule has 0 aliphatic rings. The number of carbonyl (C=O) groups excluding carboxylic acids is 1. The zero-order valence-corrected chi connectivity index (χ0v) is 10.9. The summed E-state index contributed by atoms with van der Waals surface area (Å²) in [6, 6.07) is 5.29. The highest BCUT2D eigenvalue weighted by Gasteiger charge is 2.14. The van der Waals surface area contributed by atoms with Gasteiger partial charge in [0.2, 0.25) is 0 Å². The van der Waals surface area contributed by atoms with Crippen molar-refractivity contribution in [3.8, 4) is 0 Å². The van der Waals surface area contributed by atoms with Crippen molar-refractivity contribution in [1.29, 1.82) is 0 Å². The van der Waals surface area contributed by atoms with Gasteiger partial charge >= 0.3 is 0 Å². The molecule has 5 nitrogen and oxygen atoms in total. The van der Waals surface area contributed by atoms with Gasteiger partial charge in [-0.05, 0) is 31.5 Å². The number of hydrogen-bond donors (Lipinski definition) is 2. The Labute approximate surface area is 111 Å². The first-order valence-electron chi connectivity index (χ1n) is 6.01. The molecule has 0 saturated carbocycles. The molecule has 0 saturated heterocycles. The lowest BCUT2D eigenvalue weighted by Gasteiger charge is -2.14. The topological polar surface area (TPSA) is 80.9 Å². The van der Waals surface area contributed by atoms with Gasteiger partial charge in [-0.15, -0.1) is 0 Å². The summed E-state index contributed by atoms with van der Waals surface area (Å²) in [5.74, 6) is -0.235. The third kappa shape index (κ3) is 3.07. The van der Waals surface area contributed by atoms with Crippen molar-refractivity contribution in [1.82, 2.24) is 15.3 Å². The Morgan fingerprint density at radius 1 is 1.42 bits per heavy atom. The first kappa shape index (κ1) is 13.0. The van der Waals surface area contributed by atoms with E-state index in [4.69, 9.17) is 5.73 Å². The molecule has 2 aromatic heterocycles. The fourth-order valence-corrected chi connectivity index (χ4v) is 1.76. The van der Waals surface area contributed by atoms with E-state index in [-0.39, 0.29) is 11.9 Å². The van der Waals surface area contributed by atoms with E-state index in [1.54, 1.807) is 18.5 Å². The molecule has 98 valence electrons. The number of nitrogens with one attached hydrogen (secondary N) is 1. The van der Waals surface area contributed by atoms with Crippen LogP contribution in [0.15, 0.2) is 36.8 Å². The highest BCUT2D eigenvalue weighted by Crippen LogP contribution is 2.15. The molecule has 3 N–H and O–H groups in total. The molecule has 1 unspecified atom stereocenters. The average Bonchev–Trinajstić information content (AvgIpc) is 2.39. The molecular formula is C14H16N4O. The van der Waals surface area contributed by atoms with Gasteiger partial charge in [-0.1, -0.05) is 6.07 Å². The van der Waals surface area contributed by atoms with Crippen LogP contribution in [0.4, 0.5) is 5.69 Å². The first-order valence-corrected chi connectivity index (χ1v) is 6.01. The van der Waals surface area contributed by atoms with Gasteiger partial charge in [0.25, 0.3) is 5.91 Å². The minimum atomic E-state index is -0.235. The lowest BCUT2D eigenvalue weighted by Crippen LogP contribution is -2.27. The van der Waals surface area contributed by atoms with Crippen molar-refractivity contribution >= 4 is 11.6 Å². The normalized spacial score (nSPS) is 11.9. The molecule has 2 rings (SSSR count). The van der Waals surface area contributed by atoms with E-state index >= 15 is 0 Å². The van der Waals surface area contributed by atoms with Gasteiger partial charge in [0.15, 0.2) is 0 Å². The Kier molecular flexibility index (Phi) is 3.75. The molecule has 0 fully saturated rings. The van der Waals surface area contributed by atoms with Crippen LogP contribution in [-0.4, -0.2) is 15.9 Å². The molecule has 1 atom stereocenters. The van der Waals surface area contributed by atoms with Gasteiger partial charge in [0.1, 0.15) is 0 Å². The largest absolute Gasteiger partial charge is 0.398 e. The monoisotopic (exact) mass is 256 g/mol. The number of rotatable bonds is 3. The van der Waals surface area contributed by atoms with Crippen molar-refractivity contribution < 1.29 is 4.79 Å². The summed E-state index contributed by atoms with van der Waals surface area (Å²) in [6.45, 7) is 3.73. The number of anilines is 1. The fourth-order valence-electron chi connectivity index (χ4n) is 1.76. The van der Waals surface area contributed by atoms with E-state index in [2.05, 4.69) is 15.3 Å². The number of aromatic nitrogens is 2. The molecule has 5 heteroatoms. The minimum absolute atomic E-state index is 0.137. The van der Waals surface area contributed by atoms with E-state index in [1.807, 2.05) is 26.0 Å². The molecule has 0 radical (unpaired) electrons. The Hall–Kier alpha value is -2.43. The summed E-state index contributed by atoms with van der Waals surface area (Å²) in [5, 5.41) is 2.87. The number of carbonyl (C=O) groups is 1. The fraction of sp³-hybridized carbons (Fsp3) is 0.214. The van der Waals surface area contributed by atoms with Crippen LogP contribution in [-0.2, 0) is 0 Å². The number of pyridine rings is 2. The van der Waals surface area contributed by atoms with Gasteiger partial charge in [-0.2, -0.15) is 0 Å². The maximum absolute atomic E-state index is 12.1. The molecule has 1 amide bonds. The zero-order valence-electron chi connectivity index (χ0n) is 10.9. The maximum atomic E-state index is 12.1. The predicted molar refractivity (Wildman–Crippen MR) is 73.5 cm³/mol. The van der Waals surface area contributed by atoms with Gasteiger partial charge in [0.05, 0.1) is 11.6 Å². The standard InChI is InChI=1S/C14H16N4O/c1-9-6-13(15)12(8-17-9)14(19)18-10(2)11-4-3-5-16-7-11/h3-8,10H,1-2H3,(H2,15,17)(H,18,19). The number of nitrogen functional groups attached to an aromatic ring is 1. The van der Waals surface area contributed by atoms with E-state index in [0.29, 0.717) is 11.3 Å². The molecular weight excluding hydrogens is 240 g/mol. The molecule has 0 aromatic carbocycles. The maximum Gasteiger partial charge on any atom is 0.255 e. The van der Waals surface area contributed by atoms with E-state index in [0.717, 1.165) is 11.3 Å². The summed E-state index contributed by atoms with van der Waals surface area (Å²) >= 11 is 0. The van der Waals surface area contributed by atoms with Crippen LogP contribution >= 0.6 is 0 Å². The van der Waals surface area contributed by atoms with Crippen LogP contribution in [0.1, 0.15) is 34.6 Å². The van der Waals surface area contributed by atoms with E-state index in [1.165, 1.54) is 6.20 Å². The zero-order chi connectivity index (χ0) is 13.8. The molecule has 2 aromatic rings. The Morgan fingerprint density at radius 3 is 2.84 bits per heavy atom. The van der Waals surface area contributed by atoms with Crippen LogP contribution in [0.5, 0.6) is 0 Å². The molecule has 0 aliphatic carbocycles. The molecule has 2 heterocycles. The SMILES string of the molecule is Cc1cc(N)c(C(=O)NC(C)c2cccnc2)cn1. The summed E-state index contributed by atoms with van der Waals surface area (Å²) in [6.07, 6.45) is 4.91. The van der Waals surface area contributed by atoms with Crippen molar-refractivity contribution in [2.75, 3.05) is 5.73 Å². The third-order valence-electron chi connectivity index (χ3n) is 2.85. The Balaban J connectivity index is 2.13. The third-order valence-corrected chi connectivity index (χ3v) is 2.85. The summed E-state index contributed by atoms with van der Waals surface area (Å²) in [5.41, 5.74) is 8.37. The van der Waals surface area contributed by atoms with Crippen LogP contribution in [0.3, 0.4) is 0 Å². The second-order valence-electron chi connectivity index (χ2n) is 4.39. The predicted octanol–water partition coefficient (Wildman–Crippen LogP) is 1.86. The Bertz CT molecular complexity index is 583. The van der Waals surface area contributed by atoms with Crippen molar-refractivity contribution in [2.24, 2.45) is 0 Å². The number of amides is 1. The van der Waals surface area contributed by atoms with Crippen LogP contribution in [0.25, 0.3) is 0 Å². The van der Waals surface area contributed by atoms with Crippen LogP contribution in [0, 0.1) is 6.92 Å². The average molecular weight is 256 g/mol. The highest BCUT2D eigenvalue weighted by molar-refractivity contribution is 5.99. The van der Waals surface area contributed by atoms with Crippen molar-refractivity contribution in [3.05, 3.63) is 53.6 Å².